The van der Waals surface area contributed by atoms with E-state index in [0.29, 0.717) is 43.2 Å². The normalized spacial score (nSPS) is 19.0. The molecule has 6 nitrogen and oxygen atoms in total. The lowest BCUT2D eigenvalue weighted by Gasteiger charge is -2.37. The molecule has 5 aliphatic carbocycles. The van der Waals surface area contributed by atoms with Crippen LogP contribution in [-0.4, -0.2) is 11.6 Å². The Labute approximate surface area is 524 Å². The number of nitrogens with zero attached hydrogens (tertiary/aromatic N) is 4. The molecule has 0 bridgehead atoms. The second-order valence-electron chi connectivity index (χ2n) is 23.2. The molecular weight excluding hydrogens is 1180 g/mol. The number of hydrogen-bond donors (Lipinski definition) is 0. The Kier molecular flexibility index (Phi) is 11.3. The van der Waals surface area contributed by atoms with Crippen molar-refractivity contribution in [2.45, 2.75) is 35.3 Å². The van der Waals surface area contributed by atoms with Crippen molar-refractivity contribution in [1.29, 1.82) is 21.0 Å². The quantitative estimate of drug-likeness (QED) is 0.120. The predicted molar refractivity (Wildman–Crippen MR) is 354 cm³/mol. The molecule has 0 N–H and O–H groups in total. The lowest BCUT2D eigenvalue weighted by Crippen LogP contribution is -2.33. The zero-order valence-electron chi connectivity index (χ0n) is 46.2. The van der Waals surface area contributed by atoms with E-state index in [1.54, 1.807) is 23.1 Å². The van der Waals surface area contributed by atoms with Gasteiger partial charge in [0.1, 0.15) is 35.4 Å². The Balaban J connectivity index is 0.874. The summed E-state index contributed by atoms with van der Waals surface area (Å²) in [7, 11) is 0. The van der Waals surface area contributed by atoms with Crippen LogP contribution < -0.4 is 0 Å². The number of Topliss-reactive ketones (excluding diaryl/α,β-unsaturated/α-hetero) is 2. The smallest absolute Gasteiger partial charge is 0.204 e. The highest BCUT2D eigenvalue weighted by Gasteiger charge is 2.58. The van der Waals surface area contributed by atoms with Gasteiger partial charge in [-0.15, -0.1) is 68.4 Å². The Bertz CT molecular complexity index is 5210. The van der Waals surface area contributed by atoms with Crippen LogP contribution in [0.15, 0.2) is 214 Å². The molecule has 87 heavy (non-hydrogen) atoms. The molecule has 5 aromatic heterocycles. The lowest BCUT2D eigenvalue weighted by molar-refractivity contribution is 0.103. The maximum atomic E-state index is 14.7. The van der Waals surface area contributed by atoms with Crippen LogP contribution in [0.1, 0.15) is 110 Å². The fourth-order valence-electron chi connectivity index (χ4n) is 15.4. The van der Waals surface area contributed by atoms with Gasteiger partial charge in [-0.1, -0.05) is 147 Å². The number of carbonyl (C=O) groups excluding carboxylic acids is 2. The molecule has 6 heterocycles. The summed E-state index contributed by atoms with van der Waals surface area (Å²) in [6.45, 7) is 4.69. The zero-order chi connectivity index (χ0) is 58.8. The topological polar surface area (TPSA) is 129 Å². The second kappa shape index (κ2) is 18.8. The van der Waals surface area contributed by atoms with Gasteiger partial charge in [-0.25, -0.2) is 0 Å². The number of carbonyl (C=O) groups is 2. The van der Waals surface area contributed by atoms with Gasteiger partial charge in [0.15, 0.2) is 0 Å². The maximum absolute atomic E-state index is 14.7. The van der Waals surface area contributed by atoms with Crippen LogP contribution in [0.3, 0.4) is 0 Å². The average Bonchev–Trinajstić information content (AvgIpc) is 1.55. The Hall–Kier alpha value is -9.31. The molecular formula is C75H40N4O2S6. The monoisotopic (exact) mass is 1220 g/mol. The molecule has 408 valence electrons. The van der Waals surface area contributed by atoms with E-state index in [9.17, 15) is 30.6 Å². The van der Waals surface area contributed by atoms with Crippen LogP contribution in [0.4, 0.5) is 0 Å². The van der Waals surface area contributed by atoms with Crippen LogP contribution in [0.25, 0.3) is 57.6 Å². The molecule has 0 radical (unpaired) electrons. The molecule has 6 aromatic carbocycles. The molecule has 6 aliphatic rings. The van der Waals surface area contributed by atoms with E-state index in [1.165, 1.54) is 84.3 Å². The highest BCUT2D eigenvalue weighted by molar-refractivity contribution is 8.03. The van der Waals surface area contributed by atoms with Crippen molar-refractivity contribution in [3.63, 3.8) is 0 Å². The maximum Gasteiger partial charge on any atom is 0.204 e. The molecule has 2 unspecified atom stereocenters. The summed E-state index contributed by atoms with van der Waals surface area (Å²) in [4.78, 5) is 33.4. The van der Waals surface area contributed by atoms with Crippen molar-refractivity contribution in [2.24, 2.45) is 5.92 Å². The summed E-state index contributed by atoms with van der Waals surface area (Å²) in [6, 6.07) is 68.0. The third-order valence-electron chi connectivity index (χ3n) is 18.9. The van der Waals surface area contributed by atoms with Gasteiger partial charge in [0.25, 0.3) is 0 Å². The van der Waals surface area contributed by atoms with Crippen molar-refractivity contribution in [2.75, 3.05) is 0 Å². The fraction of sp³-hybridized carbons (Fsp3) is 0.0933. The predicted octanol–water partition coefficient (Wildman–Crippen LogP) is 19.3. The molecule has 0 saturated carbocycles. The highest BCUT2D eigenvalue weighted by Crippen LogP contribution is 2.69. The van der Waals surface area contributed by atoms with Gasteiger partial charge in [-0.2, -0.15) is 21.0 Å². The summed E-state index contributed by atoms with van der Waals surface area (Å²) in [5.74, 6) is -0.419. The van der Waals surface area contributed by atoms with Crippen LogP contribution in [0.5, 0.6) is 0 Å². The van der Waals surface area contributed by atoms with E-state index >= 15 is 0 Å². The third-order valence-corrected chi connectivity index (χ3v) is 25.7. The summed E-state index contributed by atoms with van der Waals surface area (Å²) in [5, 5.41) is 45.6. The lowest BCUT2D eigenvalue weighted by atomic mass is 9.64. The van der Waals surface area contributed by atoms with Crippen LogP contribution in [-0.2, 0) is 16.2 Å². The first-order valence-electron chi connectivity index (χ1n) is 28.3. The van der Waals surface area contributed by atoms with Crippen molar-refractivity contribution < 1.29 is 9.59 Å². The Morgan fingerprint density at radius 2 is 0.966 bits per heavy atom. The summed E-state index contributed by atoms with van der Waals surface area (Å²) < 4.78 is 3.80. The molecule has 0 saturated heterocycles. The van der Waals surface area contributed by atoms with Gasteiger partial charge in [-0.05, 0) is 132 Å². The third kappa shape index (κ3) is 6.81. The summed E-state index contributed by atoms with van der Waals surface area (Å²) >= 11 is 9.32. The number of thiophene rings is 5. The van der Waals surface area contributed by atoms with Gasteiger partial charge < -0.3 is 0 Å². The van der Waals surface area contributed by atoms with Crippen molar-refractivity contribution in [3.8, 4) is 45.8 Å². The highest BCUT2D eigenvalue weighted by atomic mass is 32.2. The number of allylic oxidation sites excluding steroid dienone is 8. The van der Waals surface area contributed by atoms with Crippen molar-refractivity contribution >= 4 is 116 Å². The molecule has 1 aliphatic heterocycles. The van der Waals surface area contributed by atoms with Crippen LogP contribution in [0.2, 0.25) is 0 Å². The van der Waals surface area contributed by atoms with Gasteiger partial charge >= 0.3 is 0 Å². The minimum Gasteiger partial charge on any atom is -0.288 e. The van der Waals surface area contributed by atoms with E-state index in [0.717, 1.165) is 66.8 Å². The number of rotatable bonds is 6. The molecule has 11 aromatic rings. The van der Waals surface area contributed by atoms with Gasteiger partial charge in [0.05, 0.1) is 30.0 Å². The first kappa shape index (κ1) is 52.1. The SMILES string of the molecule is CC1(C)c2cc3c(cc2-c2cc4c(cc21)C1SC(/C=C2\C(=O)c5sc6ccsc6c5C2=C(C#N)C#N)=CC1C4(c1ccccc1)c1ccccc1)C(c1ccccc1)(c1ccccc1)c1cc(/C=C2\C(=O)c4sc5ccsc5c4C2=C(C#N)C#N)sc1-3. The molecule has 17 rings (SSSR count). The number of hydrogen-bond acceptors (Lipinski definition) is 12. The molecule has 0 spiro atoms. The number of fused-ring (bicyclic) bond motifs is 15. The zero-order valence-corrected chi connectivity index (χ0v) is 51.1. The minimum absolute atomic E-state index is 0.0596. The van der Waals surface area contributed by atoms with E-state index in [-0.39, 0.29) is 33.9 Å². The van der Waals surface area contributed by atoms with Crippen molar-refractivity contribution in [3.05, 3.63) is 295 Å². The first-order valence-corrected chi connectivity index (χ1v) is 33.4. The Morgan fingerprint density at radius 1 is 0.494 bits per heavy atom. The number of ketones is 2. The van der Waals surface area contributed by atoms with Gasteiger partial charge in [0, 0.05) is 74.1 Å². The van der Waals surface area contributed by atoms with Gasteiger partial charge in [-0.3, -0.25) is 9.59 Å². The van der Waals surface area contributed by atoms with E-state index in [1.807, 2.05) is 35.0 Å². The van der Waals surface area contributed by atoms with Crippen LogP contribution in [0, 0.1) is 51.2 Å². The summed E-state index contributed by atoms with van der Waals surface area (Å²) in [5.41, 5.74) is 16.2. The molecule has 0 fully saturated rings. The first-order chi connectivity index (χ1) is 42.5. The standard InChI is InChI=1S/C75H40N4O2S6/c1-73(2)53-33-49-55(74(41-15-7-3-8-16-41,42-17-9-4-10-18-42)57-29-45(84-67(49)57)27-51-61(39(35-76)36-77)63-69-59(23-25-82-69)86-71(63)65(51)80)31-47(53)48-32-56-50(34-54(48)73)68-58(75(56,43-19-11-5-12-20-43)44-21-13-6-14-22-44)30-46(85-68)28-52-62(40(37-78)38-79)64-70-60(24-26-83-70)87-72(64)66(52)81/h3-34,57,67H,1-2H3/b51-27-,52-28-. The average molecular weight is 1220 g/mol. The second-order valence-corrected chi connectivity index (χ2v) is 29.4. The van der Waals surface area contributed by atoms with Crippen molar-refractivity contribution in [1.82, 2.24) is 0 Å². The fourth-order valence-corrected chi connectivity index (χ4v) is 22.7. The summed E-state index contributed by atoms with van der Waals surface area (Å²) in [6.07, 6.45) is 6.24. The molecule has 2 atom stereocenters. The number of nitriles is 4. The van der Waals surface area contributed by atoms with Crippen LogP contribution >= 0.6 is 68.4 Å². The van der Waals surface area contributed by atoms with E-state index in [2.05, 4.69) is 196 Å². The number of thioether (sulfide) groups is 1. The van der Waals surface area contributed by atoms with Gasteiger partial charge in [0.2, 0.25) is 11.6 Å². The largest absolute Gasteiger partial charge is 0.288 e. The Morgan fingerprint density at radius 3 is 1.48 bits per heavy atom. The molecule has 0 amide bonds. The van der Waals surface area contributed by atoms with E-state index in [4.69, 9.17) is 0 Å². The molecule has 12 heteroatoms. The van der Waals surface area contributed by atoms with E-state index < -0.39 is 16.2 Å². The number of benzene rings is 6. The minimum atomic E-state index is -0.789.